The van der Waals surface area contributed by atoms with E-state index in [4.69, 9.17) is 0 Å². The lowest BCUT2D eigenvalue weighted by Gasteiger charge is -2.12. The van der Waals surface area contributed by atoms with E-state index in [1.807, 2.05) is 0 Å². The molecule has 0 fully saturated rings. The summed E-state index contributed by atoms with van der Waals surface area (Å²) in [5.74, 6) is 0. The lowest BCUT2D eigenvalue weighted by atomic mass is 10.1. The molecular weight excluding hydrogens is 321 g/mol. The molecule has 1 aromatic carbocycles. The highest BCUT2D eigenvalue weighted by atomic mass is 19.4. The maximum absolute atomic E-state index is 13.1. The van der Waals surface area contributed by atoms with Crippen molar-refractivity contribution in [1.82, 2.24) is 14.5 Å². The van der Waals surface area contributed by atoms with Gasteiger partial charge < -0.3 is 5.32 Å². The van der Waals surface area contributed by atoms with Crippen LogP contribution in [0.5, 0.6) is 0 Å². The lowest BCUT2D eigenvalue weighted by molar-refractivity contribution is -0.136. The second-order valence-electron chi connectivity index (χ2n) is 5.11. The average Bonchev–Trinajstić information content (AvgIpc) is 2.57. The topological polar surface area (TPSA) is 59.8 Å². The largest absolute Gasteiger partial charge is 0.417 e. The van der Waals surface area contributed by atoms with Gasteiger partial charge in [0, 0.05) is 25.5 Å². The first-order valence-electron chi connectivity index (χ1n) is 7.16. The van der Waals surface area contributed by atoms with Crippen LogP contribution in [0, 0.1) is 0 Å². The maximum Gasteiger partial charge on any atom is 0.417 e. The molecule has 3 rings (SSSR count). The number of alkyl halides is 3. The monoisotopic (exact) mass is 334 g/mol. The van der Waals surface area contributed by atoms with Crippen LogP contribution in [-0.4, -0.2) is 21.1 Å². The number of benzene rings is 1. The van der Waals surface area contributed by atoms with Crippen molar-refractivity contribution in [3.8, 4) is 0 Å². The quantitative estimate of drug-likeness (QED) is 0.797. The Hall–Kier alpha value is -2.90. The summed E-state index contributed by atoms with van der Waals surface area (Å²) in [6.45, 7) is 0.538. The van der Waals surface area contributed by atoms with Gasteiger partial charge in [0.25, 0.3) is 5.56 Å². The van der Waals surface area contributed by atoms with Gasteiger partial charge in [-0.05, 0) is 24.3 Å². The van der Waals surface area contributed by atoms with Crippen LogP contribution in [0.4, 0.5) is 18.9 Å². The number of rotatable bonds is 4. The molecule has 0 aliphatic rings. The summed E-state index contributed by atoms with van der Waals surface area (Å²) in [4.78, 5) is 20.3. The maximum atomic E-state index is 13.1. The third-order valence-corrected chi connectivity index (χ3v) is 3.50. The first-order chi connectivity index (χ1) is 11.5. The van der Waals surface area contributed by atoms with E-state index in [1.54, 1.807) is 24.5 Å². The van der Waals surface area contributed by atoms with E-state index in [-0.39, 0.29) is 12.1 Å². The molecule has 0 aliphatic heterocycles. The van der Waals surface area contributed by atoms with Gasteiger partial charge in [0.1, 0.15) is 0 Å². The molecule has 8 heteroatoms. The molecule has 0 spiro atoms. The van der Waals surface area contributed by atoms with Crippen LogP contribution in [0.25, 0.3) is 10.9 Å². The highest BCUT2D eigenvalue weighted by Crippen LogP contribution is 2.32. The molecule has 3 aromatic rings. The van der Waals surface area contributed by atoms with Gasteiger partial charge in [-0.2, -0.15) is 13.2 Å². The molecule has 0 bridgehead atoms. The predicted molar refractivity (Wildman–Crippen MR) is 83.7 cm³/mol. The number of nitrogens with zero attached hydrogens (tertiary/aromatic N) is 3. The number of halogens is 3. The molecule has 24 heavy (non-hydrogen) atoms. The Balaban J connectivity index is 1.90. The van der Waals surface area contributed by atoms with Crippen molar-refractivity contribution in [2.24, 2.45) is 0 Å². The van der Waals surface area contributed by atoms with E-state index in [1.165, 1.54) is 23.0 Å². The Morgan fingerprint density at radius 1 is 1.17 bits per heavy atom. The molecule has 0 saturated carbocycles. The molecule has 5 nitrogen and oxygen atoms in total. The van der Waals surface area contributed by atoms with E-state index in [9.17, 15) is 18.0 Å². The standard InChI is InChI=1S/C16H13F3N4O/c17-16(18,19)12-4-1-5-13-14(12)15(24)23(10-22-13)8-7-21-11-3-2-6-20-9-11/h1-6,9-10,21H,7-8H2. The van der Waals surface area contributed by atoms with E-state index in [2.05, 4.69) is 15.3 Å². The fourth-order valence-electron chi connectivity index (χ4n) is 2.38. The van der Waals surface area contributed by atoms with Crippen molar-refractivity contribution in [2.45, 2.75) is 12.7 Å². The molecule has 0 radical (unpaired) electrons. The Bertz CT molecular complexity index is 907. The zero-order valence-corrected chi connectivity index (χ0v) is 12.4. The number of aromatic nitrogens is 3. The van der Waals surface area contributed by atoms with Gasteiger partial charge in [0.2, 0.25) is 0 Å². The number of anilines is 1. The number of fused-ring (bicyclic) bond motifs is 1. The first-order valence-corrected chi connectivity index (χ1v) is 7.16. The van der Waals surface area contributed by atoms with E-state index in [0.29, 0.717) is 6.54 Å². The van der Waals surface area contributed by atoms with Crippen LogP contribution in [0.1, 0.15) is 5.56 Å². The highest BCUT2D eigenvalue weighted by molar-refractivity contribution is 5.81. The SMILES string of the molecule is O=c1c2c(C(F)(F)F)cccc2ncn1CCNc1cccnc1. The summed E-state index contributed by atoms with van der Waals surface area (Å²) < 4.78 is 40.5. The zero-order valence-electron chi connectivity index (χ0n) is 12.4. The lowest BCUT2D eigenvalue weighted by Crippen LogP contribution is -2.26. The van der Waals surface area contributed by atoms with Crippen molar-refractivity contribution in [3.63, 3.8) is 0 Å². The van der Waals surface area contributed by atoms with Gasteiger partial charge in [-0.15, -0.1) is 0 Å². The van der Waals surface area contributed by atoms with Gasteiger partial charge in [0.15, 0.2) is 0 Å². The van der Waals surface area contributed by atoms with Crippen molar-refractivity contribution < 1.29 is 13.2 Å². The molecule has 0 amide bonds. The van der Waals surface area contributed by atoms with Gasteiger partial charge in [0.05, 0.1) is 28.5 Å². The Kier molecular flexibility index (Phi) is 4.20. The minimum Gasteiger partial charge on any atom is -0.382 e. The molecule has 2 aromatic heterocycles. The number of pyridine rings is 1. The van der Waals surface area contributed by atoms with Gasteiger partial charge in [-0.25, -0.2) is 4.98 Å². The third kappa shape index (κ3) is 3.22. The molecule has 1 N–H and O–H groups in total. The van der Waals surface area contributed by atoms with Gasteiger partial charge in [-0.3, -0.25) is 14.3 Å². The summed E-state index contributed by atoms with van der Waals surface area (Å²) in [6, 6.07) is 7.08. The van der Waals surface area contributed by atoms with Gasteiger partial charge in [-0.1, -0.05) is 6.07 Å². The fourth-order valence-corrected chi connectivity index (χ4v) is 2.38. The smallest absolute Gasteiger partial charge is 0.382 e. The Morgan fingerprint density at radius 3 is 2.71 bits per heavy atom. The summed E-state index contributed by atoms with van der Waals surface area (Å²) in [7, 11) is 0. The van der Waals surface area contributed by atoms with Crippen LogP contribution >= 0.6 is 0 Å². The number of hydrogen-bond acceptors (Lipinski definition) is 4. The summed E-state index contributed by atoms with van der Waals surface area (Å²) in [5, 5.41) is 2.63. The summed E-state index contributed by atoms with van der Waals surface area (Å²) in [5.41, 5.74) is -0.880. The zero-order chi connectivity index (χ0) is 17.2. The van der Waals surface area contributed by atoms with Crippen LogP contribution in [0.3, 0.4) is 0 Å². The van der Waals surface area contributed by atoms with Crippen LogP contribution in [-0.2, 0) is 12.7 Å². The molecule has 0 atom stereocenters. The second-order valence-corrected chi connectivity index (χ2v) is 5.11. The molecule has 0 saturated heterocycles. The van der Waals surface area contributed by atoms with E-state index < -0.39 is 22.7 Å². The first kappa shape index (κ1) is 16.0. The fraction of sp³-hybridized carbons (Fsp3) is 0.188. The van der Waals surface area contributed by atoms with Crippen molar-refractivity contribution >= 4 is 16.6 Å². The molecular formula is C16H13F3N4O. The van der Waals surface area contributed by atoms with Crippen molar-refractivity contribution in [1.29, 1.82) is 0 Å². The predicted octanol–water partition coefficient (Wildman–Crippen LogP) is 2.92. The molecule has 0 aliphatic carbocycles. The number of nitrogens with one attached hydrogen (secondary N) is 1. The van der Waals surface area contributed by atoms with Crippen LogP contribution in [0.2, 0.25) is 0 Å². The van der Waals surface area contributed by atoms with E-state index in [0.717, 1.165) is 11.8 Å². The van der Waals surface area contributed by atoms with Crippen molar-refractivity contribution in [3.05, 3.63) is 65.0 Å². The normalized spacial score (nSPS) is 11.6. The third-order valence-electron chi connectivity index (χ3n) is 3.50. The minimum absolute atomic E-state index is 0.0336. The minimum atomic E-state index is -4.60. The Morgan fingerprint density at radius 2 is 2.00 bits per heavy atom. The summed E-state index contributed by atoms with van der Waals surface area (Å²) >= 11 is 0. The molecule has 124 valence electrons. The van der Waals surface area contributed by atoms with Crippen LogP contribution in [0.15, 0.2) is 53.8 Å². The summed E-state index contributed by atoms with van der Waals surface area (Å²) in [6.07, 6.45) is -0.103. The molecule has 2 heterocycles. The van der Waals surface area contributed by atoms with Crippen molar-refractivity contribution in [2.75, 3.05) is 11.9 Å². The highest BCUT2D eigenvalue weighted by Gasteiger charge is 2.33. The Labute approximate surface area is 134 Å². The van der Waals surface area contributed by atoms with Crippen LogP contribution < -0.4 is 10.9 Å². The van der Waals surface area contributed by atoms with E-state index >= 15 is 0 Å². The van der Waals surface area contributed by atoms with Gasteiger partial charge >= 0.3 is 6.18 Å². The molecule has 0 unspecified atom stereocenters. The second kappa shape index (κ2) is 6.31. The average molecular weight is 334 g/mol. The number of hydrogen-bond donors (Lipinski definition) is 1.